The summed E-state index contributed by atoms with van der Waals surface area (Å²) in [5.41, 5.74) is 3.69. The molecule has 2 aromatic rings. The van der Waals surface area contributed by atoms with Gasteiger partial charge in [0.05, 0.1) is 5.02 Å². The van der Waals surface area contributed by atoms with Crippen molar-refractivity contribution in [3.05, 3.63) is 63.1 Å². The van der Waals surface area contributed by atoms with Crippen LogP contribution in [0.5, 0.6) is 0 Å². The van der Waals surface area contributed by atoms with Crippen LogP contribution in [-0.2, 0) is 6.54 Å². The van der Waals surface area contributed by atoms with Gasteiger partial charge in [-0.1, -0.05) is 43.6 Å². The van der Waals surface area contributed by atoms with Crippen LogP contribution in [0.3, 0.4) is 0 Å². The first kappa shape index (κ1) is 14.4. The van der Waals surface area contributed by atoms with Crippen molar-refractivity contribution in [2.24, 2.45) is 0 Å². The fraction of sp³-hybridized carbons (Fsp3) is 0.250. The van der Waals surface area contributed by atoms with Gasteiger partial charge in [-0.2, -0.15) is 0 Å². The number of benzene rings is 2. The van der Waals surface area contributed by atoms with E-state index in [4.69, 9.17) is 11.6 Å². The minimum Gasteiger partial charge on any atom is -0.381 e. The molecule has 0 aromatic heterocycles. The zero-order valence-corrected chi connectivity index (χ0v) is 13.4. The predicted molar refractivity (Wildman–Crippen MR) is 87.0 cm³/mol. The van der Waals surface area contributed by atoms with Crippen molar-refractivity contribution in [3.63, 3.8) is 0 Å². The fourth-order valence-electron chi connectivity index (χ4n) is 1.84. The lowest BCUT2D eigenvalue weighted by Crippen LogP contribution is -1.99. The minimum absolute atomic E-state index is 0.571. The van der Waals surface area contributed by atoms with Gasteiger partial charge in [-0.15, -0.1) is 0 Å². The number of rotatable bonds is 4. The number of halogens is 2. The highest BCUT2D eigenvalue weighted by Crippen LogP contribution is 2.24. The average molecular weight is 339 g/mol. The molecule has 0 unspecified atom stereocenters. The number of anilines is 1. The van der Waals surface area contributed by atoms with Crippen molar-refractivity contribution in [2.45, 2.75) is 26.3 Å². The largest absolute Gasteiger partial charge is 0.381 e. The van der Waals surface area contributed by atoms with Crippen molar-refractivity contribution in [1.29, 1.82) is 0 Å². The summed E-state index contributed by atoms with van der Waals surface area (Å²) in [6, 6.07) is 14.6. The van der Waals surface area contributed by atoms with Crippen molar-refractivity contribution in [3.8, 4) is 0 Å². The van der Waals surface area contributed by atoms with Crippen LogP contribution in [0.25, 0.3) is 0 Å². The zero-order chi connectivity index (χ0) is 13.8. The molecule has 0 spiro atoms. The number of hydrogen-bond acceptors (Lipinski definition) is 1. The van der Waals surface area contributed by atoms with E-state index in [9.17, 15) is 0 Å². The lowest BCUT2D eigenvalue weighted by Gasteiger charge is -2.10. The van der Waals surface area contributed by atoms with Crippen LogP contribution in [0.15, 0.2) is 46.9 Å². The third kappa shape index (κ3) is 3.99. The van der Waals surface area contributed by atoms with E-state index in [1.807, 2.05) is 18.2 Å². The van der Waals surface area contributed by atoms with Crippen molar-refractivity contribution in [1.82, 2.24) is 0 Å². The lowest BCUT2D eigenvalue weighted by atomic mass is 10.0. The van der Waals surface area contributed by atoms with Crippen molar-refractivity contribution in [2.75, 3.05) is 5.32 Å². The van der Waals surface area contributed by atoms with E-state index in [1.54, 1.807) is 0 Å². The maximum absolute atomic E-state index is 5.98. The van der Waals surface area contributed by atoms with E-state index >= 15 is 0 Å². The molecule has 0 radical (unpaired) electrons. The second-order valence-electron chi connectivity index (χ2n) is 4.88. The summed E-state index contributed by atoms with van der Waals surface area (Å²) >= 11 is 9.42. The third-order valence-corrected chi connectivity index (χ3v) is 4.27. The molecule has 19 heavy (non-hydrogen) atoms. The summed E-state index contributed by atoms with van der Waals surface area (Å²) in [5, 5.41) is 4.15. The molecule has 0 bridgehead atoms. The molecule has 0 saturated carbocycles. The molecule has 0 aliphatic carbocycles. The predicted octanol–water partition coefficient (Wildman–Crippen LogP) is 5.84. The molecule has 0 saturated heterocycles. The van der Waals surface area contributed by atoms with Crippen LogP contribution >= 0.6 is 27.5 Å². The molecule has 0 aliphatic rings. The van der Waals surface area contributed by atoms with Crippen LogP contribution in [0.1, 0.15) is 30.9 Å². The maximum Gasteiger partial charge on any atom is 0.0548 e. The summed E-state index contributed by atoms with van der Waals surface area (Å²) in [6.07, 6.45) is 0. The summed E-state index contributed by atoms with van der Waals surface area (Å²) in [5.74, 6) is 0.571. The van der Waals surface area contributed by atoms with Gasteiger partial charge in [-0.3, -0.25) is 0 Å². The second kappa shape index (κ2) is 6.44. The van der Waals surface area contributed by atoms with Gasteiger partial charge in [0.25, 0.3) is 0 Å². The SMILES string of the molecule is CC(C)c1ccc(NCc2ccc(Cl)c(Br)c2)cc1. The second-order valence-corrected chi connectivity index (χ2v) is 6.14. The Morgan fingerprint density at radius 2 is 1.79 bits per heavy atom. The molecule has 0 aliphatic heterocycles. The van der Waals surface area contributed by atoms with Crippen LogP contribution in [-0.4, -0.2) is 0 Å². The summed E-state index contributed by atoms with van der Waals surface area (Å²) in [7, 11) is 0. The molecular formula is C16H17BrClN. The number of nitrogens with one attached hydrogen (secondary N) is 1. The van der Waals surface area contributed by atoms with E-state index in [1.165, 1.54) is 11.1 Å². The van der Waals surface area contributed by atoms with Gasteiger partial charge < -0.3 is 5.32 Å². The molecule has 3 heteroatoms. The van der Waals surface area contributed by atoms with Crippen LogP contribution < -0.4 is 5.32 Å². The molecular weight excluding hydrogens is 322 g/mol. The molecule has 0 fully saturated rings. The van der Waals surface area contributed by atoms with Crippen LogP contribution in [0, 0.1) is 0 Å². The van der Waals surface area contributed by atoms with Gasteiger partial charge in [0.1, 0.15) is 0 Å². The Bertz CT molecular complexity index is 549. The Hall–Kier alpha value is -0.990. The topological polar surface area (TPSA) is 12.0 Å². The molecule has 2 rings (SSSR count). The zero-order valence-electron chi connectivity index (χ0n) is 11.1. The monoisotopic (exact) mass is 337 g/mol. The summed E-state index contributed by atoms with van der Waals surface area (Å²) < 4.78 is 0.934. The van der Waals surface area contributed by atoms with Gasteiger partial charge in [-0.25, -0.2) is 0 Å². The maximum atomic E-state index is 5.98. The molecule has 1 N–H and O–H groups in total. The Morgan fingerprint density at radius 3 is 2.37 bits per heavy atom. The molecule has 1 nitrogen and oxygen atoms in total. The Labute approximate surface area is 128 Å². The first-order valence-electron chi connectivity index (χ1n) is 6.34. The van der Waals surface area contributed by atoms with Gasteiger partial charge in [0, 0.05) is 16.7 Å². The van der Waals surface area contributed by atoms with Crippen LogP contribution in [0.4, 0.5) is 5.69 Å². The standard InChI is InChI=1S/C16H17BrClN/c1-11(2)13-4-6-14(7-5-13)19-10-12-3-8-16(18)15(17)9-12/h3-9,11,19H,10H2,1-2H3. The van der Waals surface area contributed by atoms with Gasteiger partial charge in [-0.05, 0) is 57.2 Å². The molecule has 0 atom stereocenters. The third-order valence-electron chi connectivity index (χ3n) is 3.06. The van der Waals surface area contributed by atoms with E-state index in [-0.39, 0.29) is 0 Å². The Morgan fingerprint density at radius 1 is 1.11 bits per heavy atom. The van der Waals surface area contributed by atoms with E-state index < -0.39 is 0 Å². The first-order chi connectivity index (χ1) is 9.06. The quantitative estimate of drug-likeness (QED) is 0.738. The van der Waals surface area contributed by atoms with Crippen molar-refractivity contribution >= 4 is 33.2 Å². The number of hydrogen-bond donors (Lipinski definition) is 1. The molecule has 0 amide bonds. The highest BCUT2D eigenvalue weighted by molar-refractivity contribution is 9.10. The van der Waals surface area contributed by atoms with Crippen LogP contribution in [0.2, 0.25) is 5.02 Å². The Kier molecular flexibility index (Phi) is 4.89. The summed E-state index contributed by atoms with van der Waals surface area (Å²) in [4.78, 5) is 0. The molecule has 100 valence electrons. The van der Waals surface area contributed by atoms with E-state index in [2.05, 4.69) is 59.4 Å². The summed E-state index contributed by atoms with van der Waals surface area (Å²) in [6.45, 7) is 5.19. The lowest BCUT2D eigenvalue weighted by molar-refractivity contribution is 0.867. The molecule has 2 aromatic carbocycles. The van der Waals surface area contributed by atoms with E-state index in [0.717, 1.165) is 21.7 Å². The molecule has 0 heterocycles. The van der Waals surface area contributed by atoms with Crippen molar-refractivity contribution < 1.29 is 0 Å². The Balaban J connectivity index is 2.00. The fourth-order valence-corrected chi connectivity index (χ4v) is 2.38. The van der Waals surface area contributed by atoms with Gasteiger partial charge in [0.15, 0.2) is 0 Å². The van der Waals surface area contributed by atoms with Gasteiger partial charge in [0.2, 0.25) is 0 Å². The smallest absolute Gasteiger partial charge is 0.0548 e. The minimum atomic E-state index is 0.571. The highest BCUT2D eigenvalue weighted by atomic mass is 79.9. The first-order valence-corrected chi connectivity index (χ1v) is 7.51. The average Bonchev–Trinajstić information content (AvgIpc) is 2.40. The normalized spacial score (nSPS) is 10.8. The highest BCUT2D eigenvalue weighted by Gasteiger charge is 2.01. The van der Waals surface area contributed by atoms with Gasteiger partial charge >= 0.3 is 0 Å². The van der Waals surface area contributed by atoms with E-state index in [0.29, 0.717) is 5.92 Å².